The molecule has 0 saturated carbocycles. The molecule has 2 heterocycles. The van der Waals surface area contributed by atoms with Crippen molar-refractivity contribution < 1.29 is 19.1 Å². The van der Waals surface area contributed by atoms with E-state index in [1.165, 1.54) is 0 Å². The summed E-state index contributed by atoms with van der Waals surface area (Å²) in [5.41, 5.74) is 3.13. The van der Waals surface area contributed by atoms with Crippen LogP contribution in [0.25, 0.3) is 0 Å². The third kappa shape index (κ3) is 3.60. The lowest BCUT2D eigenvalue weighted by Gasteiger charge is -2.29. The lowest BCUT2D eigenvalue weighted by Crippen LogP contribution is -2.43. The first-order valence-corrected chi connectivity index (χ1v) is 9.18. The van der Waals surface area contributed by atoms with Crippen LogP contribution >= 0.6 is 0 Å². The van der Waals surface area contributed by atoms with Crippen molar-refractivity contribution >= 4 is 17.5 Å². The molecule has 0 saturated heterocycles. The monoisotopic (exact) mass is 366 g/mol. The minimum absolute atomic E-state index is 0.0618. The molecule has 0 radical (unpaired) electrons. The van der Waals surface area contributed by atoms with Crippen molar-refractivity contribution in [3.05, 3.63) is 53.6 Å². The van der Waals surface area contributed by atoms with Gasteiger partial charge < -0.3 is 19.7 Å². The number of ether oxygens (including phenoxy) is 2. The Morgan fingerprint density at radius 2 is 2.00 bits per heavy atom. The van der Waals surface area contributed by atoms with E-state index in [1.807, 2.05) is 35.2 Å². The molecule has 1 atom stereocenters. The minimum Gasteiger partial charge on any atom is -0.485 e. The molecular weight excluding hydrogens is 344 g/mol. The highest BCUT2D eigenvalue weighted by Crippen LogP contribution is 2.31. The van der Waals surface area contributed by atoms with Crippen LogP contribution in [0.1, 0.15) is 24.5 Å². The van der Waals surface area contributed by atoms with Crippen LogP contribution in [-0.4, -0.2) is 31.1 Å². The predicted molar refractivity (Wildman–Crippen MR) is 101 cm³/mol. The summed E-state index contributed by atoms with van der Waals surface area (Å²) in [5.74, 6) is 1.10. The number of hydrogen-bond acceptors (Lipinski definition) is 4. The Labute approximate surface area is 158 Å². The Kier molecular flexibility index (Phi) is 4.71. The van der Waals surface area contributed by atoms with Crippen LogP contribution in [0.15, 0.2) is 42.5 Å². The maximum Gasteiger partial charge on any atom is 0.264 e. The SMILES string of the molecule is CC(=O)N1CCCc2cc(CNC(=O)C3COc4ccccc4O3)ccc21. The Balaban J connectivity index is 1.39. The van der Waals surface area contributed by atoms with Gasteiger partial charge in [0.1, 0.15) is 6.61 Å². The molecule has 0 fully saturated rings. The molecule has 2 aliphatic heterocycles. The number of rotatable bonds is 3. The van der Waals surface area contributed by atoms with Crippen molar-refractivity contribution in [3.63, 3.8) is 0 Å². The number of aryl methyl sites for hydroxylation is 1. The molecule has 0 spiro atoms. The standard InChI is InChI=1S/C21H22N2O4/c1-14(24)23-10-4-5-16-11-15(8-9-17(16)23)12-22-21(25)20-13-26-18-6-2-3-7-19(18)27-20/h2-3,6-9,11,20H,4-5,10,12-13H2,1H3,(H,22,25). The molecule has 27 heavy (non-hydrogen) atoms. The zero-order chi connectivity index (χ0) is 18.8. The smallest absolute Gasteiger partial charge is 0.264 e. The Morgan fingerprint density at radius 3 is 2.81 bits per heavy atom. The summed E-state index contributed by atoms with van der Waals surface area (Å²) in [6, 6.07) is 13.3. The number of benzene rings is 2. The van der Waals surface area contributed by atoms with E-state index >= 15 is 0 Å². The molecule has 1 unspecified atom stereocenters. The maximum atomic E-state index is 12.4. The number of hydrogen-bond donors (Lipinski definition) is 1. The van der Waals surface area contributed by atoms with Crippen molar-refractivity contribution in [2.24, 2.45) is 0 Å². The van der Waals surface area contributed by atoms with Crippen LogP contribution < -0.4 is 19.7 Å². The van der Waals surface area contributed by atoms with Gasteiger partial charge in [-0.3, -0.25) is 9.59 Å². The molecule has 0 bridgehead atoms. The molecule has 2 aromatic rings. The fourth-order valence-corrected chi connectivity index (χ4v) is 3.54. The molecule has 0 aliphatic carbocycles. The third-order valence-electron chi connectivity index (χ3n) is 4.91. The Hall–Kier alpha value is -3.02. The molecule has 2 aromatic carbocycles. The van der Waals surface area contributed by atoms with Gasteiger partial charge in [-0.05, 0) is 42.2 Å². The van der Waals surface area contributed by atoms with Gasteiger partial charge in [0.05, 0.1) is 0 Å². The van der Waals surface area contributed by atoms with E-state index in [0.29, 0.717) is 18.0 Å². The van der Waals surface area contributed by atoms with Crippen molar-refractivity contribution in [3.8, 4) is 11.5 Å². The first-order valence-electron chi connectivity index (χ1n) is 9.18. The first-order chi connectivity index (χ1) is 13.1. The summed E-state index contributed by atoms with van der Waals surface area (Å²) in [6.07, 6.45) is 1.23. The van der Waals surface area contributed by atoms with Crippen LogP contribution in [0.5, 0.6) is 11.5 Å². The third-order valence-corrected chi connectivity index (χ3v) is 4.91. The van der Waals surface area contributed by atoms with Gasteiger partial charge in [0, 0.05) is 25.7 Å². The van der Waals surface area contributed by atoms with Crippen LogP contribution in [0.2, 0.25) is 0 Å². The largest absolute Gasteiger partial charge is 0.485 e. The summed E-state index contributed by atoms with van der Waals surface area (Å²) in [7, 11) is 0. The van der Waals surface area contributed by atoms with Gasteiger partial charge in [-0.2, -0.15) is 0 Å². The van der Waals surface area contributed by atoms with Gasteiger partial charge >= 0.3 is 0 Å². The van der Waals surface area contributed by atoms with Gasteiger partial charge in [-0.15, -0.1) is 0 Å². The number of anilines is 1. The van der Waals surface area contributed by atoms with Crippen molar-refractivity contribution in [1.82, 2.24) is 5.32 Å². The van der Waals surface area contributed by atoms with Crippen LogP contribution in [-0.2, 0) is 22.6 Å². The molecule has 6 nitrogen and oxygen atoms in total. The average Bonchev–Trinajstić information content (AvgIpc) is 2.70. The van der Waals surface area contributed by atoms with E-state index in [-0.39, 0.29) is 18.4 Å². The molecule has 2 amide bonds. The van der Waals surface area contributed by atoms with Gasteiger partial charge in [0.15, 0.2) is 11.5 Å². The highest BCUT2D eigenvalue weighted by molar-refractivity contribution is 5.92. The number of carbonyl (C=O) groups excluding carboxylic acids is 2. The average molecular weight is 366 g/mol. The quantitative estimate of drug-likeness (QED) is 0.906. The fourth-order valence-electron chi connectivity index (χ4n) is 3.54. The topological polar surface area (TPSA) is 67.9 Å². The van der Waals surface area contributed by atoms with E-state index in [4.69, 9.17) is 9.47 Å². The molecule has 1 N–H and O–H groups in total. The van der Waals surface area contributed by atoms with Crippen LogP contribution in [0.3, 0.4) is 0 Å². The minimum atomic E-state index is -0.661. The first kappa shape index (κ1) is 17.4. The number of nitrogens with zero attached hydrogens (tertiary/aromatic N) is 1. The normalized spacial score (nSPS) is 17.8. The lowest BCUT2D eigenvalue weighted by atomic mass is 9.99. The predicted octanol–water partition coefficient (Wildman–Crippen LogP) is 2.44. The number of fused-ring (bicyclic) bond motifs is 2. The summed E-state index contributed by atoms with van der Waals surface area (Å²) in [6.45, 7) is 2.96. The molecule has 6 heteroatoms. The van der Waals surface area contributed by atoms with Gasteiger partial charge in [-0.25, -0.2) is 0 Å². The fraction of sp³-hybridized carbons (Fsp3) is 0.333. The summed E-state index contributed by atoms with van der Waals surface area (Å²) >= 11 is 0. The molecule has 4 rings (SSSR count). The summed E-state index contributed by atoms with van der Waals surface area (Å²) < 4.78 is 11.3. The van der Waals surface area contributed by atoms with E-state index < -0.39 is 6.10 Å². The van der Waals surface area contributed by atoms with Crippen LogP contribution in [0.4, 0.5) is 5.69 Å². The lowest BCUT2D eigenvalue weighted by molar-refractivity contribution is -0.130. The number of para-hydroxylation sites is 2. The van der Waals surface area contributed by atoms with Crippen molar-refractivity contribution in [1.29, 1.82) is 0 Å². The van der Waals surface area contributed by atoms with E-state index in [9.17, 15) is 9.59 Å². The van der Waals surface area contributed by atoms with E-state index in [1.54, 1.807) is 13.0 Å². The maximum absolute atomic E-state index is 12.4. The zero-order valence-corrected chi connectivity index (χ0v) is 15.2. The van der Waals surface area contributed by atoms with Crippen molar-refractivity contribution in [2.75, 3.05) is 18.1 Å². The Morgan fingerprint density at radius 1 is 1.19 bits per heavy atom. The van der Waals surface area contributed by atoms with Gasteiger partial charge in [0.25, 0.3) is 5.91 Å². The van der Waals surface area contributed by atoms with E-state index in [2.05, 4.69) is 11.4 Å². The van der Waals surface area contributed by atoms with E-state index in [0.717, 1.165) is 36.2 Å². The molecule has 140 valence electrons. The number of amides is 2. The number of carbonyl (C=O) groups is 2. The second kappa shape index (κ2) is 7.31. The van der Waals surface area contributed by atoms with Crippen LogP contribution in [0, 0.1) is 0 Å². The van der Waals surface area contributed by atoms with Gasteiger partial charge in [0.2, 0.25) is 12.0 Å². The zero-order valence-electron chi connectivity index (χ0n) is 15.2. The second-order valence-electron chi connectivity index (χ2n) is 6.82. The molecular formula is C21H22N2O4. The highest BCUT2D eigenvalue weighted by atomic mass is 16.6. The molecule has 2 aliphatic rings. The summed E-state index contributed by atoms with van der Waals surface area (Å²) in [5, 5.41) is 2.92. The molecule has 0 aromatic heterocycles. The second-order valence-corrected chi connectivity index (χ2v) is 6.82. The highest BCUT2D eigenvalue weighted by Gasteiger charge is 2.27. The van der Waals surface area contributed by atoms with Gasteiger partial charge in [-0.1, -0.05) is 24.3 Å². The Bertz CT molecular complexity index is 880. The summed E-state index contributed by atoms with van der Waals surface area (Å²) in [4.78, 5) is 26.0. The number of nitrogens with one attached hydrogen (secondary N) is 1. The van der Waals surface area contributed by atoms with Crippen molar-refractivity contribution in [2.45, 2.75) is 32.4 Å².